The number of halogens is 3. The number of guanidine groups is 1. The Morgan fingerprint density at radius 2 is 1.50 bits per heavy atom. The summed E-state index contributed by atoms with van der Waals surface area (Å²) in [5.41, 5.74) is -0.466. The number of amides is 1. The van der Waals surface area contributed by atoms with E-state index in [-0.39, 0.29) is 18.4 Å². The van der Waals surface area contributed by atoms with E-state index in [9.17, 15) is 18.0 Å². The van der Waals surface area contributed by atoms with Gasteiger partial charge in [-0.1, -0.05) is 20.8 Å². The van der Waals surface area contributed by atoms with E-state index in [1.165, 1.54) is 7.05 Å². The molecule has 0 aromatic heterocycles. The second kappa shape index (κ2) is 7.96. The molecule has 1 amide bonds. The number of alkyl halides is 3. The largest absolute Gasteiger partial charge is 0.390 e. The molecular weight excluding hydrogens is 273 g/mol. The van der Waals surface area contributed by atoms with Crippen LogP contribution in [0.15, 0.2) is 4.99 Å². The van der Waals surface area contributed by atoms with E-state index in [2.05, 4.69) is 20.9 Å². The molecule has 0 spiro atoms. The minimum absolute atomic E-state index is 0.0840. The molecule has 0 heterocycles. The first-order valence-corrected chi connectivity index (χ1v) is 6.36. The zero-order valence-corrected chi connectivity index (χ0v) is 12.3. The van der Waals surface area contributed by atoms with Gasteiger partial charge in [-0.2, -0.15) is 13.2 Å². The van der Waals surface area contributed by atoms with Crippen molar-refractivity contribution in [1.29, 1.82) is 0 Å². The normalized spacial score (nSPS) is 13.1. The lowest BCUT2D eigenvalue weighted by molar-refractivity contribution is -0.133. The summed E-state index contributed by atoms with van der Waals surface area (Å²) in [6.45, 7) is 5.91. The van der Waals surface area contributed by atoms with Gasteiger partial charge in [-0.25, -0.2) is 0 Å². The van der Waals surface area contributed by atoms with Crippen molar-refractivity contribution in [2.24, 2.45) is 10.4 Å². The quantitative estimate of drug-likeness (QED) is 0.407. The SMILES string of the molecule is CN=C(NCCNC(=O)C(C)(C)C)NCCC(F)(F)F. The molecule has 0 aromatic carbocycles. The fraction of sp³-hybridized carbons (Fsp3) is 0.833. The van der Waals surface area contributed by atoms with Crippen molar-refractivity contribution in [3.05, 3.63) is 0 Å². The summed E-state index contributed by atoms with van der Waals surface area (Å²) in [5, 5.41) is 8.09. The summed E-state index contributed by atoms with van der Waals surface area (Å²) >= 11 is 0. The molecule has 0 unspecified atom stereocenters. The van der Waals surface area contributed by atoms with Crippen LogP contribution in [0.4, 0.5) is 13.2 Å². The van der Waals surface area contributed by atoms with E-state index < -0.39 is 18.0 Å². The lowest BCUT2D eigenvalue weighted by Gasteiger charge is -2.18. The number of carbonyl (C=O) groups is 1. The third kappa shape index (κ3) is 9.46. The molecule has 20 heavy (non-hydrogen) atoms. The number of hydrogen-bond acceptors (Lipinski definition) is 2. The number of nitrogens with zero attached hydrogens (tertiary/aromatic N) is 1. The molecule has 0 aromatic rings. The molecular formula is C12H23F3N4O. The molecule has 0 atom stereocenters. The van der Waals surface area contributed by atoms with Crippen molar-refractivity contribution in [2.75, 3.05) is 26.7 Å². The Hall–Kier alpha value is -1.47. The van der Waals surface area contributed by atoms with E-state index in [4.69, 9.17) is 0 Å². The zero-order chi connectivity index (χ0) is 15.8. The van der Waals surface area contributed by atoms with Gasteiger partial charge in [0.25, 0.3) is 0 Å². The molecule has 3 N–H and O–H groups in total. The van der Waals surface area contributed by atoms with Crippen LogP contribution in [0.5, 0.6) is 0 Å². The average molecular weight is 296 g/mol. The number of aliphatic imine (C=N–C) groups is 1. The van der Waals surface area contributed by atoms with Gasteiger partial charge in [0.1, 0.15) is 0 Å². The topological polar surface area (TPSA) is 65.5 Å². The standard InChI is InChI=1S/C12H23F3N4O/c1-11(2,3)9(20)17-7-8-19-10(16-4)18-6-5-12(13,14)15/h5-8H2,1-4H3,(H,17,20)(H2,16,18,19). The van der Waals surface area contributed by atoms with Gasteiger partial charge >= 0.3 is 6.18 Å². The summed E-state index contributed by atoms with van der Waals surface area (Å²) in [6.07, 6.45) is -5.11. The van der Waals surface area contributed by atoms with Crippen LogP contribution in [-0.4, -0.2) is 44.7 Å². The second-order valence-electron chi connectivity index (χ2n) is 5.30. The first-order chi connectivity index (χ1) is 9.06. The Kier molecular flexibility index (Phi) is 7.38. The summed E-state index contributed by atoms with van der Waals surface area (Å²) in [4.78, 5) is 15.3. The van der Waals surface area contributed by atoms with E-state index in [0.29, 0.717) is 13.1 Å². The Morgan fingerprint density at radius 3 is 1.95 bits per heavy atom. The summed E-state index contributed by atoms with van der Waals surface area (Å²) in [7, 11) is 1.47. The van der Waals surface area contributed by atoms with Crippen molar-refractivity contribution >= 4 is 11.9 Å². The maximum Gasteiger partial charge on any atom is 0.390 e. The maximum atomic E-state index is 12.0. The van der Waals surface area contributed by atoms with Gasteiger partial charge < -0.3 is 16.0 Å². The number of hydrogen-bond donors (Lipinski definition) is 3. The maximum absolute atomic E-state index is 12.0. The molecule has 0 saturated carbocycles. The van der Waals surface area contributed by atoms with E-state index in [0.717, 1.165) is 0 Å². The predicted molar refractivity (Wildman–Crippen MR) is 72.5 cm³/mol. The van der Waals surface area contributed by atoms with Gasteiger partial charge in [0, 0.05) is 32.1 Å². The Bertz CT molecular complexity index is 335. The van der Waals surface area contributed by atoms with Crippen LogP contribution in [0, 0.1) is 5.41 Å². The zero-order valence-electron chi connectivity index (χ0n) is 12.3. The molecule has 0 bridgehead atoms. The summed E-state index contributed by atoms with van der Waals surface area (Å²) < 4.78 is 35.9. The second-order valence-corrected chi connectivity index (χ2v) is 5.30. The minimum atomic E-state index is -4.19. The molecule has 0 saturated heterocycles. The highest BCUT2D eigenvalue weighted by atomic mass is 19.4. The van der Waals surface area contributed by atoms with Crippen molar-refractivity contribution in [3.63, 3.8) is 0 Å². The first kappa shape index (κ1) is 18.5. The van der Waals surface area contributed by atoms with Crippen LogP contribution in [0.2, 0.25) is 0 Å². The first-order valence-electron chi connectivity index (χ1n) is 6.36. The lowest BCUT2D eigenvalue weighted by atomic mass is 9.96. The van der Waals surface area contributed by atoms with Gasteiger partial charge in [0.05, 0.1) is 6.42 Å². The van der Waals surface area contributed by atoms with Gasteiger partial charge in [0.2, 0.25) is 5.91 Å². The predicted octanol–water partition coefficient (Wildman–Crippen LogP) is 1.27. The van der Waals surface area contributed by atoms with Crippen molar-refractivity contribution in [2.45, 2.75) is 33.4 Å². The molecule has 0 aliphatic rings. The van der Waals surface area contributed by atoms with Crippen LogP contribution in [-0.2, 0) is 4.79 Å². The number of rotatable bonds is 5. The molecule has 118 valence electrons. The van der Waals surface area contributed by atoms with Gasteiger partial charge in [-0.05, 0) is 0 Å². The fourth-order valence-electron chi connectivity index (χ4n) is 1.17. The average Bonchev–Trinajstić information content (AvgIpc) is 2.29. The van der Waals surface area contributed by atoms with Gasteiger partial charge in [-0.15, -0.1) is 0 Å². The minimum Gasteiger partial charge on any atom is -0.356 e. The van der Waals surface area contributed by atoms with E-state index in [1.807, 2.05) is 0 Å². The van der Waals surface area contributed by atoms with Gasteiger partial charge in [0.15, 0.2) is 5.96 Å². The van der Waals surface area contributed by atoms with Crippen LogP contribution in [0.1, 0.15) is 27.2 Å². The van der Waals surface area contributed by atoms with Crippen molar-refractivity contribution < 1.29 is 18.0 Å². The molecule has 8 heteroatoms. The molecule has 0 aliphatic heterocycles. The lowest BCUT2D eigenvalue weighted by Crippen LogP contribution is -2.44. The Morgan fingerprint density at radius 1 is 1.00 bits per heavy atom. The Labute approximate surface area is 117 Å². The monoisotopic (exact) mass is 296 g/mol. The molecule has 5 nitrogen and oxygen atoms in total. The molecule has 0 fully saturated rings. The van der Waals surface area contributed by atoms with Crippen LogP contribution < -0.4 is 16.0 Å². The third-order valence-corrected chi connectivity index (χ3v) is 2.31. The summed E-state index contributed by atoms with van der Waals surface area (Å²) in [6, 6.07) is 0. The van der Waals surface area contributed by atoms with Crippen LogP contribution in [0.3, 0.4) is 0 Å². The third-order valence-electron chi connectivity index (χ3n) is 2.31. The highest BCUT2D eigenvalue weighted by Crippen LogP contribution is 2.18. The summed E-state index contributed by atoms with van der Waals surface area (Å²) in [5.74, 6) is 0.193. The van der Waals surface area contributed by atoms with Crippen molar-refractivity contribution in [3.8, 4) is 0 Å². The number of carbonyl (C=O) groups excluding carboxylic acids is 1. The Balaban J connectivity index is 3.85. The molecule has 0 aliphatic carbocycles. The van der Waals surface area contributed by atoms with Crippen LogP contribution in [0.25, 0.3) is 0 Å². The highest BCUT2D eigenvalue weighted by molar-refractivity contribution is 5.81. The fourth-order valence-corrected chi connectivity index (χ4v) is 1.17. The van der Waals surface area contributed by atoms with Crippen LogP contribution >= 0.6 is 0 Å². The molecule has 0 radical (unpaired) electrons. The van der Waals surface area contributed by atoms with Gasteiger partial charge in [-0.3, -0.25) is 9.79 Å². The number of nitrogens with one attached hydrogen (secondary N) is 3. The van der Waals surface area contributed by atoms with Crippen molar-refractivity contribution in [1.82, 2.24) is 16.0 Å². The van der Waals surface area contributed by atoms with E-state index in [1.54, 1.807) is 20.8 Å². The highest BCUT2D eigenvalue weighted by Gasteiger charge is 2.26. The van der Waals surface area contributed by atoms with E-state index >= 15 is 0 Å². The molecule has 0 rings (SSSR count). The smallest absolute Gasteiger partial charge is 0.356 e.